The molecule has 0 fully saturated rings. The van der Waals surface area contributed by atoms with Crippen LogP contribution in [0.2, 0.25) is 0 Å². The van der Waals surface area contributed by atoms with Crippen molar-refractivity contribution in [2.75, 3.05) is 6.54 Å². The first-order valence-electron chi connectivity index (χ1n) is 13.6. The molecule has 0 radical (unpaired) electrons. The minimum Gasteiger partial charge on any atom is -0.480 e. The summed E-state index contributed by atoms with van der Waals surface area (Å²) < 4.78 is 5.82. The molecular weight excluding hydrogens is 494 g/mol. The molecule has 0 spiro atoms. The lowest BCUT2D eigenvalue weighted by Gasteiger charge is -2.17. The fraction of sp³-hybridized carbons (Fsp3) is 0.355. The number of aliphatic carboxylic acids is 1. The van der Waals surface area contributed by atoms with Crippen LogP contribution in [-0.4, -0.2) is 40.5 Å². The van der Waals surface area contributed by atoms with Crippen molar-refractivity contribution in [1.29, 1.82) is 0 Å². The normalized spacial score (nSPS) is 13.1. The van der Waals surface area contributed by atoms with E-state index in [4.69, 9.17) is 9.72 Å². The highest BCUT2D eigenvalue weighted by Gasteiger charge is 2.22. The number of hydrogen-bond donors (Lipinski definition) is 3. The molecule has 8 heteroatoms. The van der Waals surface area contributed by atoms with E-state index in [0.29, 0.717) is 17.9 Å². The maximum Gasteiger partial charge on any atom is 0.326 e. The summed E-state index contributed by atoms with van der Waals surface area (Å²) in [5, 5.41) is 14.9. The van der Waals surface area contributed by atoms with Gasteiger partial charge < -0.3 is 20.5 Å². The molecule has 0 saturated heterocycles. The monoisotopic (exact) mass is 529 g/mol. The van der Waals surface area contributed by atoms with E-state index in [9.17, 15) is 19.5 Å². The van der Waals surface area contributed by atoms with E-state index in [1.807, 2.05) is 18.2 Å². The number of nitrogens with zero attached hydrogens (tertiary/aromatic N) is 1. The van der Waals surface area contributed by atoms with Gasteiger partial charge in [0, 0.05) is 24.4 Å². The molecular formula is C31H35N3O5. The molecule has 3 aromatic rings. The number of amides is 2. The predicted octanol–water partition coefficient (Wildman–Crippen LogP) is 4.86. The molecule has 39 heavy (non-hydrogen) atoms. The van der Waals surface area contributed by atoms with Crippen molar-refractivity contribution in [2.24, 2.45) is 0 Å². The van der Waals surface area contributed by atoms with Gasteiger partial charge >= 0.3 is 5.97 Å². The number of rotatable bonds is 13. The highest BCUT2D eigenvalue weighted by atomic mass is 16.5. The molecule has 1 atom stereocenters. The highest BCUT2D eigenvalue weighted by molar-refractivity contribution is 5.99. The molecule has 1 aromatic heterocycles. The van der Waals surface area contributed by atoms with Crippen LogP contribution in [0.4, 0.5) is 0 Å². The van der Waals surface area contributed by atoms with Gasteiger partial charge in [0.2, 0.25) is 5.91 Å². The van der Waals surface area contributed by atoms with Gasteiger partial charge in [0.25, 0.3) is 5.91 Å². The van der Waals surface area contributed by atoms with Crippen LogP contribution < -0.4 is 15.4 Å². The smallest absolute Gasteiger partial charge is 0.326 e. The van der Waals surface area contributed by atoms with Crippen molar-refractivity contribution in [3.05, 3.63) is 89.2 Å². The van der Waals surface area contributed by atoms with Crippen LogP contribution in [0.15, 0.2) is 66.7 Å². The second-order valence-corrected chi connectivity index (χ2v) is 9.74. The second kappa shape index (κ2) is 14.1. The quantitative estimate of drug-likeness (QED) is 0.272. The number of benzene rings is 2. The Balaban J connectivity index is 1.19. The van der Waals surface area contributed by atoms with Gasteiger partial charge in [-0.25, -0.2) is 4.79 Å². The van der Waals surface area contributed by atoms with Gasteiger partial charge in [-0.2, -0.15) is 0 Å². The average molecular weight is 530 g/mol. The first kappa shape index (κ1) is 27.8. The summed E-state index contributed by atoms with van der Waals surface area (Å²) in [4.78, 5) is 41.7. The number of carbonyl (C=O) groups is 3. The number of carboxylic acids is 1. The number of fused-ring (bicyclic) bond motifs is 1. The zero-order valence-corrected chi connectivity index (χ0v) is 22.0. The summed E-state index contributed by atoms with van der Waals surface area (Å²) in [5.74, 6) is -0.975. The maximum atomic E-state index is 12.9. The van der Waals surface area contributed by atoms with Crippen LogP contribution in [0.3, 0.4) is 0 Å². The summed E-state index contributed by atoms with van der Waals surface area (Å²) in [6.07, 6.45) is 7.45. The largest absolute Gasteiger partial charge is 0.480 e. The van der Waals surface area contributed by atoms with Crippen molar-refractivity contribution in [3.8, 4) is 11.5 Å². The molecule has 204 valence electrons. The zero-order chi connectivity index (χ0) is 27.5. The SMILES string of the molecule is O=C(CCCCc1ccc2c(n1)CCCC2)NCCC(NC(=O)c1ccccc1Oc1ccccc1)C(=O)O. The van der Waals surface area contributed by atoms with Crippen LogP contribution in [0.1, 0.15) is 65.8 Å². The van der Waals surface area contributed by atoms with Crippen LogP contribution >= 0.6 is 0 Å². The minimum absolute atomic E-state index is 0.0631. The third kappa shape index (κ3) is 8.40. The lowest BCUT2D eigenvalue weighted by molar-refractivity contribution is -0.139. The molecule has 0 aliphatic heterocycles. The number of unbranched alkanes of at least 4 members (excludes halogenated alkanes) is 1. The van der Waals surface area contributed by atoms with Gasteiger partial charge in [0.1, 0.15) is 17.5 Å². The van der Waals surface area contributed by atoms with Crippen molar-refractivity contribution in [2.45, 2.75) is 63.8 Å². The first-order valence-corrected chi connectivity index (χ1v) is 13.6. The number of carbonyl (C=O) groups excluding carboxylic acids is 2. The summed E-state index contributed by atoms with van der Waals surface area (Å²) >= 11 is 0. The highest BCUT2D eigenvalue weighted by Crippen LogP contribution is 2.25. The Morgan fingerprint density at radius 1 is 0.923 bits per heavy atom. The second-order valence-electron chi connectivity index (χ2n) is 9.74. The Hall–Kier alpha value is -4.20. The van der Waals surface area contributed by atoms with Crippen LogP contribution in [0.5, 0.6) is 11.5 Å². The Bertz CT molecular complexity index is 1280. The molecule has 1 aliphatic carbocycles. The number of aromatic nitrogens is 1. The van der Waals surface area contributed by atoms with Crippen molar-refractivity contribution < 1.29 is 24.2 Å². The van der Waals surface area contributed by atoms with E-state index in [0.717, 1.165) is 37.8 Å². The summed E-state index contributed by atoms with van der Waals surface area (Å²) in [7, 11) is 0. The van der Waals surface area contributed by atoms with Crippen LogP contribution in [0, 0.1) is 0 Å². The molecule has 3 N–H and O–H groups in total. The zero-order valence-electron chi connectivity index (χ0n) is 22.0. The van der Waals surface area contributed by atoms with Gasteiger partial charge in [-0.05, 0) is 87.3 Å². The van der Waals surface area contributed by atoms with Gasteiger partial charge in [-0.15, -0.1) is 0 Å². The van der Waals surface area contributed by atoms with Crippen LogP contribution in [-0.2, 0) is 28.9 Å². The molecule has 4 rings (SSSR count). The lowest BCUT2D eigenvalue weighted by atomic mass is 9.95. The molecule has 0 bridgehead atoms. The third-order valence-electron chi connectivity index (χ3n) is 6.78. The lowest BCUT2D eigenvalue weighted by Crippen LogP contribution is -2.43. The molecule has 2 aromatic carbocycles. The predicted molar refractivity (Wildman–Crippen MR) is 148 cm³/mol. The van der Waals surface area contributed by atoms with Gasteiger partial charge in [-0.3, -0.25) is 14.6 Å². The van der Waals surface area contributed by atoms with E-state index < -0.39 is 17.9 Å². The van der Waals surface area contributed by atoms with E-state index >= 15 is 0 Å². The van der Waals surface area contributed by atoms with E-state index in [1.54, 1.807) is 36.4 Å². The molecule has 0 saturated carbocycles. The van der Waals surface area contributed by atoms with Crippen molar-refractivity contribution >= 4 is 17.8 Å². The van der Waals surface area contributed by atoms with Gasteiger partial charge in [0.15, 0.2) is 0 Å². The van der Waals surface area contributed by atoms with Crippen LogP contribution in [0.25, 0.3) is 0 Å². The van der Waals surface area contributed by atoms with Gasteiger partial charge in [0.05, 0.1) is 5.56 Å². The molecule has 1 aliphatic rings. The maximum absolute atomic E-state index is 12.9. The number of ether oxygens (including phenoxy) is 1. The van der Waals surface area contributed by atoms with Crippen molar-refractivity contribution in [1.82, 2.24) is 15.6 Å². The standard InChI is InChI=1S/C31H35N3O5/c35-29(17-9-5-11-23-19-18-22-10-4-7-15-26(22)33-23)32-21-20-27(31(37)38)34-30(36)25-14-6-8-16-28(25)39-24-12-2-1-3-13-24/h1-3,6,8,12-14,16,18-19,27H,4-5,7,9-11,15,17,20-21H2,(H,32,35)(H,34,36)(H,37,38). The number of aryl methyl sites for hydroxylation is 3. The fourth-order valence-electron chi connectivity index (χ4n) is 4.65. The summed E-state index contributed by atoms with van der Waals surface area (Å²) in [5.41, 5.74) is 3.89. The molecule has 1 heterocycles. The average Bonchev–Trinajstić information content (AvgIpc) is 2.95. The molecule has 1 unspecified atom stereocenters. The van der Waals surface area contributed by atoms with E-state index in [1.165, 1.54) is 24.1 Å². The number of nitrogens with one attached hydrogen (secondary N) is 2. The van der Waals surface area contributed by atoms with E-state index in [2.05, 4.69) is 22.8 Å². The number of para-hydroxylation sites is 2. The Labute approximate surface area is 228 Å². The number of hydrogen-bond acceptors (Lipinski definition) is 5. The summed E-state index contributed by atoms with van der Waals surface area (Å²) in [6.45, 7) is 0.143. The molecule has 2 amide bonds. The number of carboxylic acid groups (broad SMARTS) is 1. The topological polar surface area (TPSA) is 118 Å². The minimum atomic E-state index is -1.17. The Morgan fingerprint density at radius 2 is 1.69 bits per heavy atom. The fourth-order valence-corrected chi connectivity index (χ4v) is 4.65. The Kier molecular flexibility index (Phi) is 10.1. The van der Waals surface area contributed by atoms with E-state index in [-0.39, 0.29) is 24.4 Å². The third-order valence-corrected chi connectivity index (χ3v) is 6.78. The summed E-state index contributed by atoms with van der Waals surface area (Å²) in [6, 6.07) is 18.8. The van der Waals surface area contributed by atoms with Crippen molar-refractivity contribution in [3.63, 3.8) is 0 Å². The molecule has 8 nitrogen and oxygen atoms in total. The first-order chi connectivity index (χ1) is 19.0. The number of pyridine rings is 1. The Morgan fingerprint density at radius 3 is 2.51 bits per heavy atom. The van der Waals surface area contributed by atoms with Gasteiger partial charge in [-0.1, -0.05) is 36.4 Å².